The van der Waals surface area contributed by atoms with Crippen LogP contribution in [0, 0.1) is 0 Å². The number of rotatable bonds is 21. The van der Waals surface area contributed by atoms with Crippen LogP contribution in [0.15, 0.2) is 0 Å². The van der Waals surface area contributed by atoms with Gasteiger partial charge in [-0.3, -0.25) is 4.79 Å². The normalized spacial score (nSPS) is 11.0. The lowest BCUT2D eigenvalue weighted by atomic mass is 10.0. The van der Waals surface area contributed by atoms with Gasteiger partial charge in [-0.25, -0.2) is 0 Å². The Balaban J connectivity index is 3.02. The molecule has 3 N–H and O–H groups in total. The largest absolute Gasteiger partial charge is 0.344 e. The summed E-state index contributed by atoms with van der Waals surface area (Å²) < 4.78 is 0. The van der Waals surface area contributed by atoms with Crippen molar-refractivity contribution in [2.45, 2.75) is 135 Å². The molecule has 0 heterocycles. The van der Waals surface area contributed by atoms with Gasteiger partial charge < -0.3 is 11.1 Å². The van der Waals surface area contributed by atoms with E-state index < -0.39 is 0 Å². The molecule has 3 nitrogen and oxygen atoms in total. The third kappa shape index (κ3) is 21.5. The first kappa shape index (κ1) is 25.4. The lowest BCUT2D eigenvalue weighted by Crippen LogP contribution is -2.28. The Bertz CT molecular complexity index is 281. The standard InChI is InChI=1S/C23H48N2O/c1-2-3-4-5-6-7-8-9-10-11-12-13-14-15-16-17-18-19-20-21-23(26)25-22-24/h2-22,24H2,1H3,(H,25,26). The topological polar surface area (TPSA) is 55.1 Å². The van der Waals surface area contributed by atoms with Crippen molar-refractivity contribution >= 4 is 5.91 Å². The first-order valence-electron chi connectivity index (χ1n) is 11.8. The second-order valence-electron chi connectivity index (χ2n) is 7.92. The summed E-state index contributed by atoms with van der Waals surface area (Å²) in [4.78, 5) is 11.2. The molecule has 0 aromatic carbocycles. The SMILES string of the molecule is CCCCCCCCCCCCCCCCCCCCCC(=O)NCN. The lowest BCUT2D eigenvalue weighted by Gasteiger charge is -2.04. The Hall–Kier alpha value is -0.570. The van der Waals surface area contributed by atoms with Gasteiger partial charge in [0.05, 0.1) is 6.67 Å². The van der Waals surface area contributed by atoms with E-state index in [2.05, 4.69) is 12.2 Å². The van der Waals surface area contributed by atoms with Crippen LogP contribution in [0.5, 0.6) is 0 Å². The van der Waals surface area contributed by atoms with E-state index in [1.165, 1.54) is 116 Å². The Labute approximate surface area is 164 Å². The highest BCUT2D eigenvalue weighted by Gasteiger charge is 1.99. The molecule has 0 bridgehead atoms. The van der Waals surface area contributed by atoms with Gasteiger partial charge in [0, 0.05) is 6.42 Å². The summed E-state index contributed by atoms with van der Waals surface area (Å²) in [6.45, 7) is 2.55. The van der Waals surface area contributed by atoms with Gasteiger partial charge in [0.25, 0.3) is 0 Å². The fourth-order valence-corrected chi connectivity index (χ4v) is 3.57. The molecule has 0 aromatic heterocycles. The molecule has 0 atom stereocenters. The van der Waals surface area contributed by atoms with E-state index >= 15 is 0 Å². The smallest absolute Gasteiger partial charge is 0.220 e. The van der Waals surface area contributed by atoms with Crippen LogP contribution in [0.25, 0.3) is 0 Å². The second-order valence-corrected chi connectivity index (χ2v) is 7.92. The first-order valence-corrected chi connectivity index (χ1v) is 11.8. The molecule has 26 heavy (non-hydrogen) atoms. The summed E-state index contributed by atoms with van der Waals surface area (Å²) in [5.74, 6) is 0.0967. The molecule has 3 heteroatoms. The highest BCUT2D eigenvalue weighted by molar-refractivity contribution is 5.75. The van der Waals surface area contributed by atoms with E-state index in [0.717, 1.165) is 6.42 Å². The summed E-state index contributed by atoms with van der Waals surface area (Å²) in [6, 6.07) is 0. The van der Waals surface area contributed by atoms with E-state index in [-0.39, 0.29) is 12.6 Å². The molecule has 0 unspecified atom stereocenters. The van der Waals surface area contributed by atoms with E-state index in [0.29, 0.717) is 6.42 Å². The molecule has 0 aliphatic heterocycles. The van der Waals surface area contributed by atoms with Gasteiger partial charge in [-0.1, -0.05) is 122 Å². The number of amides is 1. The average Bonchev–Trinajstić information content (AvgIpc) is 2.64. The molecular weight excluding hydrogens is 320 g/mol. The predicted octanol–water partition coefficient (Wildman–Crippen LogP) is 6.84. The lowest BCUT2D eigenvalue weighted by molar-refractivity contribution is -0.121. The zero-order chi connectivity index (χ0) is 19.1. The van der Waals surface area contributed by atoms with Gasteiger partial charge in [0.2, 0.25) is 5.91 Å². The van der Waals surface area contributed by atoms with Crippen LogP contribution in [0.1, 0.15) is 135 Å². The van der Waals surface area contributed by atoms with Crippen molar-refractivity contribution in [2.75, 3.05) is 6.67 Å². The summed E-state index contributed by atoms with van der Waals surface area (Å²) >= 11 is 0. The first-order chi connectivity index (χ1) is 12.8. The monoisotopic (exact) mass is 368 g/mol. The Morgan fingerprint density at radius 1 is 0.577 bits per heavy atom. The van der Waals surface area contributed by atoms with Gasteiger partial charge in [-0.2, -0.15) is 0 Å². The van der Waals surface area contributed by atoms with Crippen molar-refractivity contribution in [1.29, 1.82) is 0 Å². The van der Waals surface area contributed by atoms with Crippen molar-refractivity contribution in [3.63, 3.8) is 0 Å². The van der Waals surface area contributed by atoms with E-state index in [1.807, 2.05) is 0 Å². The van der Waals surface area contributed by atoms with Crippen molar-refractivity contribution in [3.05, 3.63) is 0 Å². The molecule has 0 aromatic rings. The van der Waals surface area contributed by atoms with Crippen molar-refractivity contribution in [2.24, 2.45) is 5.73 Å². The Morgan fingerprint density at radius 2 is 0.885 bits per heavy atom. The molecule has 0 spiro atoms. The summed E-state index contributed by atoms with van der Waals surface area (Å²) in [7, 11) is 0. The van der Waals surface area contributed by atoms with Crippen LogP contribution in [-0.4, -0.2) is 12.6 Å². The molecule has 0 aliphatic rings. The molecule has 156 valence electrons. The van der Waals surface area contributed by atoms with Crippen molar-refractivity contribution in [1.82, 2.24) is 5.32 Å². The van der Waals surface area contributed by atoms with Gasteiger partial charge in [0.1, 0.15) is 0 Å². The number of carbonyl (C=O) groups is 1. The van der Waals surface area contributed by atoms with Crippen LogP contribution in [0.4, 0.5) is 0 Å². The molecule has 1 amide bonds. The summed E-state index contributed by atoms with van der Waals surface area (Å²) in [5, 5.41) is 2.64. The molecule has 0 fully saturated rings. The maximum absolute atomic E-state index is 11.2. The molecule has 0 aliphatic carbocycles. The number of hydrogen-bond acceptors (Lipinski definition) is 2. The number of carbonyl (C=O) groups excluding carboxylic acids is 1. The molecular formula is C23H48N2O. The second kappa shape index (κ2) is 22.5. The highest BCUT2D eigenvalue weighted by atomic mass is 16.1. The van der Waals surface area contributed by atoms with Crippen LogP contribution >= 0.6 is 0 Å². The molecule has 0 rings (SSSR count). The predicted molar refractivity (Wildman–Crippen MR) is 115 cm³/mol. The number of nitrogens with one attached hydrogen (secondary N) is 1. The quantitative estimate of drug-likeness (QED) is 0.172. The van der Waals surface area contributed by atoms with Crippen LogP contribution in [0.3, 0.4) is 0 Å². The number of unbranched alkanes of at least 4 members (excludes halogenated alkanes) is 18. The molecule has 0 saturated carbocycles. The maximum atomic E-state index is 11.2. The van der Waals surface area contributed by atoms with E-state index in [4.69, 9.17) is 5.73 Å². The number of nitrogens with two attached hydrogens (primary N) is 1. The Kier molecular flexibility index (Phi) is 22.0. The Morgan fingerprint density at radius 3 is 1.19 bits per heavy atom. The van der Waals surface area contributed by atoms with Gasteiger partial charge in [-0.15, -0.1) is 0 Å². The third-order valence-corrected chi connectivity index (χ3v) is 5.31. The van der Waals surface area contributed by atoms with E-state index in [1.54, 1.807) is 0 Å². The number of hydrogen-bond donors (Lipinski definition) is 2. The maximum Gasteiger partial charge on any atom is 0.220 e. The van der Waals surface area contributed by atoms with E-state index in [9.17, 15) is 4.79 Å². The zero-order valence-electron chi connectivity index (χ0n) is 17.8. The van der Waals surface area contributed by atoms with Crippen molar-refractivity contribution in [3.8, 4) is 0 Å². The van der Waals surface area contributed by atoms with Gasteiger partial charge >= 0.3 is 0 Å². The molecule has 0 radical (unpaired) electrons. The third-order valence-electron chi connectivity index (χ3n) is 5.31. The summed E-state index contributed by atoms with van der Waals surface area (Å²) in [6.07, 6.45) is 26.9. The van der Waals surface area contributed by atoms with Gasteiger partial charge in [0.15, 0.2) is 0 Å². The fourth-order valence-electron chi connectivity index (χ4n) is 3.57. The van der Waals surface area contributed by atoms with Crippen LogP contribution < -0.4 is 11.1 Å². The summed E-state index contributed by atoms with van der Waals surface area (Å²) in [5.41, 5.74) is 5.27. The van der Waals surface area contributed by atoms with Crippen molar-refractivity contribution < 1.29 is 4.79 Å². The van der Waals surface area contributed by atoms with Crippen LogP contribution in [0.2, 0.25) is 0 Å². The minimum Gasteiger partial charge on any atom is -0.344 e. The minimum absolute atomic E-state index is 0.0967. The average molecular weight is 369 g/mol. The minimum atomic E-state index is 0.0967. The molecule has 0 saturated heterocycles. The zero-order valence-corrected chi connectivity index (χ0v) is 17.8. The van der Waals surface area contributed by atoms with Crippen LogP contribution in [-0.2, 0) is 4.79 Å². The fraction of sp³-hybridized carbons (Fsp3) is 0.957. The van der Waals surface area contributed by atoms with Gasteiger partial charge in [-0.05, 0) is 6.42 Å². The highest BCUT2D eigenvalue weighted by Crippen LogP contribution is 2.14.